The lowest BCUT2D eigenvalue weighted by Gasteiger charge is -2.16. The summed E-state index contributed by atoms with van der Waals surface area (Å²) in [4.78, 5) is 25.7. The van der Waals surface area contributed by atoms with E-state index in [0.717, 1.165) is 15.5 Å². The molecule has 0 saturated heterocycles. The van der Waals surface area contributed by atoms with Crippen LogP contribution >= 0.6 is 23.1 Å². The number of hydrogen-bond acceptors (Lipinski definition) is 4. The molecule has 2 aromatic rings. The second-order valence-corrected chi connectivity index (χ2v) is 6.78. The number of amides is 2. The van der Waals surface area contributed by atoms with E-state index >= 15 is 0 Å². The number of fused-ring (bicyclic) bond motifs is 1. The van der Waals surface area contributed by atoms with Crippen molar-refractivity contribution in [3.05, 3.63) is 45.6 Å². The Morgan fingerprint density at radius 2 is 2.24 bits per heavy atom. The van der Waals surface area contributed by atoms with Gasteiger partial charge in [0.15, 0.2) is 0 Å². The number of benzene rings is 1. The number of nitrogens with one attached hydrogen (secondary N) is 2. The maximum Gasteiger partial charge on any atom is 0.251 e. The molecule has 1 aliphatic rings. The van der Waals surface area contributed by atoms with Crippen LogP contribution in [0.2, 0.25) is 0 Å². The summed E-state index contributed by atoms with van der Waals surface area (Å²) in [6.07, 6.45) is 0. The zero-order valence-electron chi connectivity index (χ0n) is 11.4. The predicted octanol–water partition coefficient (Wildman–Crippen LogP) is 3.03. The van der Waals surface area contributed by atoms with Crippen molar-refractivity contribution in [2.75, 3.05) is 11.1 Å². The lowest BCUT2D eigenvalue weighted by atomic mass is 10.1. The van der Waals surface area contributed by atoms with Gasteiger partial charge in [-0.3, -0.25) is 9.59 Å². The summed E-state index contributed by atoms with van der Waals surface area (Å²) >= 11 is 3.12. The summed E-state index contributed by atoms with van der Waals surface area (Å²) in [5.74, 6) is 0.269. The molecule has 0 saturated carbocycles. The van der Waals surface area contributed by atoms with Crippen molar-refractivity contribution in [2.45, 2.75) is 18.4 Å². The SMILES string of the molecule is Cc1ccsc1CNC(=O)c1ccc2c(c1)NC(=O)CS2. The van der Waals surface area contributed by atoms with Crippen molar-refractivity contribution in [1.29, 1.82) is 0 Å². The number of rotatable bonds is 3. The summed E-state index contributed by atoms with van der Waals surface area (Å²) in [5.41, 5.74) is 2.47. The number of carbonyl (C=O) groups is 2. The third-order valence-electron chi connectivity index (χ3n) is 3.25. The van der Waals surface area contributed by atoms with E-state index in [0.29, 0.717) is 17.9 Å². The first-order chi connectivity index (χ1) is 10.1. The van der Waals surface area contributed by atoms with E-state index in [9.17, 15) is 9.59 Å². The molecule has 0 bridgehead atoms. The van der Waals surface area contributed by atoms with Crippen LogP contribution in [0.4, 0.5) is 5.69 Å². The van der Waals surface area contributed by atoms with Crippen molar-refractivity contribution in [3.63, 3.8) is 0 Å². The highest BCUT2D eigenvalue weighted by Gasteiger charge is 2.17. The molecule has 0 unspecified atom stereocenters. The minimum absolute atomic E-state index is 0.0285. The maximum absolute atomic E-state index is 12.2. The highest BCUT2D eigenvalue weighted by molar-refractivity contribution is 8.00. The van der Waals surface area contributed by atoms with Crippen molar-refractivity contribution in [3.8, 4) is 0 Å². The topological polar surface area (TPSA) is 58.2 Å². The van der Waals surface area contributed by atoms with Gasteiger partial charge in [0.05, 0.1) is 18.0 Å². The predicted molar refractivity (Wildman–Crippen MR) is 86.0 cm³/mol. The number of thiophene rings is 1. The molecule has 3 rings (SSSR count). The first-order valence-corrected chi connectivity index (χ1v) is 8.38. The maximum atomic E-state index is 12.2. The fourth-order valence-electron chi connectivity index (χ4n) is 2.07. The van der Waals surface area contributed by atoms with Crippen LogP contribution in [0.5, 0.6) is 0 Å². The summed E-state index contributed by atoms with van der Waals surface area (Å²) in [7, 11) is 0. The van der Waals surface area contributed by atoms with Crippen LogP contribution in [0.1, 0.15) is 20.8 Å². The van der Waals surface area contributed by atoms with E-state index in [1.165, 1.54) is 17.3 Å². The van der Waals surface area contributed by atoms with Crippen LogP contribution in [-0.2, 0) is 11.3 Å². The Bertz CT molecular complexity index is 709. The van der Waals surface area contributed by atoms with Crippen LogP contribution in [0.15, 0.2) is 34.5 Å². The standard InChI is InChI=1S/C15H14N2O2S2/c1-9-4-5-20-13(9)7-16-15(19)10-2-3-12-11(6-10)17-14(18)8-21-12/h2-6H,7-8H2,1H3,(H,16,19)(H,17,18). The zero-order valence-corrected chi connectivity index (χ0v) is 13.1. The Labute approximate surface area is 130 Å². The van der Waals surface area contributed by atoms with Gasteiger partial charge in [-0.2, -0.15) is 0 Å². The van der Waals surface area contributed by atoms with Gasteiger partial charge in [0.25, 0.3) is 5.91 Å². The quantitative estimate of drug-likeness (QED) is 0.914. The van der Waals surface area contributed by atoms with Crippen LogP contribution in [-0.4, -0.2) is 17.6 Å². The molecule has 0 spiro atoms. The van der Waals surface area contributed by atoms with Gasteiger partial charge in [-0.25, -0.2) is 0 Å². The summed E-state index contributed by atoms with van der Waals surface area (Å²) < 4.78 is 0. The van der Waals surface area contributed by atoms with Crippen LogP contribution < -0.4 is 10.6 Å². The van der Waals surface area contributed by atoms with E-state index < -0.39 is 0 Å². The molecule has 108 valence electrons. The molecule has 2 N–H and O–H groups in total. The molecule has 4 nitrogen and oxygen atoms in total. The van der Waals surface area contributed by atoms with Gasteiger partial charge in [0.2, 0.25) is 5.91 Å². The third-order valence-corrected chi connectivity index (χ3v) is 5.35. The van der Waals surface area contributed by atoms with E-state index in [1.807, 2.05) is 24.4 Å². The Hall–Kier alpha value is -1.79. The first kappa shape index (κ1) is 14.2. The van der Waals surface area contributed by atoms with Gasteiger partial charge in [-0.1, -0.05) is 0 Å². The second kappa shape index (κ2) is 5.91. The largest absolute Gasteiger partial charge is 0.347 e. The molecule has 0 aliphatic carbocycles. The summed E-state index contributed by atoms with van der Waals surface area (Å²) in [6, 6.07) is 7.44. The molecular formula is C15H14N2O2S2. The molecule has 6 heteroatoms. The fraction of sp³-hybridized carbons (Fsp3) is 0.200. The first-order valence-electron chi connectivity index (χ1n) is 6.51. The number of hydrogen-bond donors (Lipinski definition) is 2. The monoisotopic (exact) mass is 318 g/mol. The fourth-order valence-corrected chi connectivity index (χ4v) is 3.71. The lowest BCUT2D eigenvalue weighted by molar-refractivity contribution is -0.113. The zero-order chi connectivity index (χ0) is 14.8. The van der Waals surface area contributed by atoms with Gasteiger partial charge < -0.3 is 10.6 Å². The average molecular weight is 318 g/mol. The molecular weight excluding hydrogens is 304 g/mol. The molecule has 0 fully saturated rings. The van der Waals surface area contributed by atoms with Crippen molar-refractivity contribution < 1.29 is 9.59 Å². The minimum Gasteiger partial charge on any atom is -0.347 e. The lowest BCUT2D eigenvalue weighted by Crippen LogP contribution is -2.24. The molecule has 1 aromatic carbocycles. The highest BCUT2D eigenvalue weighted by atomic mass is 32.2. The molecule has 0 radical (unpaired) electrons. The molecule has 1 aliphatic heterocycles. The van der Waals surface area contributed by atoms with Gasteiger partial charge in [0, 0.05) is 15.3 Å². The van der Waals surface area contributed by atoms with Crippen LogP contribution in [0, 0.1) is 6.92 Å². The highest BCUT2D eigenvalue weighted by Crippen LogP contribution is 2.31. The summed E-state index contributed by atoms with van der Waals surface area (Å²) in [5, 5.41) is 7.72. The van der Waals surface area contributed by atoms with Crippen molar-refractivity contribution >= 4 is 40.6 Å². The number of carbonyl (C=O) groups excluding carboxylic acids is 2. The number of anilines is 1. The number of aryl methyl sites for hydroxylation is 1. The molecule has 2 heterocycles. The smallest absolute Gasteiger partial charge is 0.251 e. The van der Waals surface area contributed by atoms with E-state index in [2.05, 4.69) is 10.6 Å². The van der Waals surface area contributed by atoms with Crippen LogP contribution in [0.25, 0.3) is 0 Å². The Kier molecular flexibility index (Phi) is 3.98. The Morgan fingerprint density at radius 1 is 1.38 bits per heavy atom. The Balaban J connectivity index is 1.72. The van der Waals surface area contributed by atoms with Gasteiger partial charge in [0.1, 0.15) is 0 Å². The third kappa shape index (κ3) is 3.11. The van der Waals surface area contributed by atoms with Gasteiger partial charge in [-0.05, 0) is 42.1 Å². The van der Waals surface area contributed by atoms with E-state index in [-0.39, 0.29) is 11.8 Å². The molecule has 2 amide bonds. The normalized spacial score (nSPS) is 13.5. The van der Waals surface area contributed by atoms with Crippen molar-refractivity contribution in [2.24, 2.45) is 0 Å². The summed E-state index contributed by atoms with van der Waals surface area (Å²) in [6.45, 7) is 2.56. The number of thioether (sulfide) groups is 1. The van der Waals surface area contributed by atoms with E-state index in [4.69, 9.17) is 0 Å². The molecule has 21 heavy (non-hydrogen) atoms. The van der Waals surface area contributed by atoms with Crippen LogP contribution in [0.3, 0.4) is 0 Å². The molecule has 1 aromatic heterocycles. The minimum atomic E-state index is -0.129. The Morgan fingerprint density at radius 3 is 3.00 bits per heavy atom. The van der Waals surface area contributed by atoms with Crippen molar-refractivity contribution in [1.82, 2.24) is 5.32 Å². The van der Waals surface area contributed by atoms with E-state index in [1.54, 1.807) is 23.5 Å². The van der Waals surface area contributed by atoms with Gasteiger partial charge >= 0.3 is 0 Å². The molecule has 0 atom stereocenters. The average Bonchev–Trinajstić information content (AvgIpc) is 2.89. The second-order valence-electron chi connectivity index (χ2n) is 4.76. The van der Waals surface area contributed by atoms with Gasteiger partial charge in [-0.15, -0.1) is 23.1 Å².